The summed E-state index contributed by atoms with van der Waals surface area (Å²) in [6.07, 6.45) is 3.08. The van der Waals surface area contributed by atoms with Gasteiger partial charge in [-0.3, -0.25) is 9.59 Å². The van der Waals surface area contributed by atoms with E-state index < -0.39 is 6.04 Å². The van der Waals surface area contributed by atoms with Crippen molar-refractivity contribution >= 4 is 23.1 Å². The van der Waals surface area contributed by atoms with Crippen LogP contribution in [-0.2, 0) is 14.3 Å². The molecule has 2 atom stereocenters. The minimum atomic E-state index is -0.572. The molecule has 1 aliphatic carbocycles. The summed E-state index contributed by atoms with van der Waals surface area (Å²) in [6.45, 7) is 5.45. The summed E-state index contributed by atoms with van der Waals surface area (Å²) in [5.41, 5.74) is 3.76. The average Bonchev–Trinajstić information content (AvgIpc) is 3.41. The SMILES string of the molecule is COc1cc(C2C3=C(CC(C)(C)CC3=O)Nc3ccccc3N2CC(=O)NCC2CCCO2)cc(OC)c1OC. The van der Waals surface area contributed by atoms with Crippen LogP contribution in [0.25, 0.3) is 0 Å². The molecule has 0 spiro atoms. The number of allylic oxidation sites excluding steroid dienone is 1. The smallest absolute Gasteiger partial charge is 0.239 e. The first-order valence-electron chi connectivity index (χ1n) is 13.8. The van der Waals surface area contributed by atoms with Crippen LogP contribution in [0.5, 0.6) is 17.2 Å². The zero-order valence-corrected chi connectivity index (χ0v) is 24.0. The molecule has 2 aliphatic heterocycles. The van der Waals surface area contributed by atoms with E-state index in [0.29, 0.717) is 42.2 Å². The highest BCUT2D eigenvalue weighted by atomic mass is 16.5. The van der Waals surface area contributed by atoms with Gasteiger partial charge in [-0.1, -0.05) is 26.0 Å². The molecule has 0 saturated carbocycles. The number of nitrogens with one attached hydrogen (secondary N) is 2. The van der Waals surface area contributed by atoms with Crippen LogP contribution in [0, 0.1) is 5.41 Å². The lowest BCUT2D eigenvalue weighted by molar-refractivity contribution is -0.121. The third kappa shape index (κ3) is 5.47. The van der Waals surface area contributed by atoms with Gasteiger partial charge in [0.15, 0.2) is 17.3 Å². The van der Waals surface area contributed by atoms with Crippen LogP contribution in [0.1, 0.15) is 51.1 Å². The fourth-order valence-electron chi connectivity index (χ4n) is 6.08. The number of benzene rings is 2. The standard InChI is InChI=1S/C31H39N3O6/c1-31(2)15-22-28(24(35)16-31)29(19-13-25(37-3)30(39-5)26(14-19)38-4)34(23-11-7-6-10-21(23)33-22)18-27(36)32-17-20-9-8-12-40-20/h6-7,10-11,13-14,20,29,33H,8-9,12,15-18H2,1-5H3,(H,32,36). The van der Waals surface area contributed by atoms with Gasteiger partial charge in [-0.25, -0.2) is 0 Å². The molecule has 9 heteroatoms. The maximum atomic E-state index is 14.0. The molecule has 2 aromatic carbocycles. The molecule has 9 nitrogen and oxygen atoms in total. The van der Waals surface area contributed by atoms with Crippen LogP contribution in [0.15, 0.2) is 47.7 Å². The Morgan fingerprint density at radius 2 is 1.82 bits per heavy atom. The number of hydrogen-bond acceptors (Lipinski definition) is 8. The Morgan fingerprint density at radius 1 is 1.10 bits per heavy atom. The second-order valence-electron chi connectivity index (χ2n) is 11.4. The molecule has 2 N–H and O–H groups in total. The van der Waals surface area contributed by atoms with Crippen molar-refractivity contribution in [2.75, 3.05) is 51.2 Å². The van der Waals surface area contributed by atoms with Crippen molar-refractivity contribution in [3.8, 4) is 17.2 Å². The van der Waals surface area contributed by atoms with Crippen LogP contribution in [0.3, 0.4) is 0 Å². The first-order valence-corrected chi connectivity index (χ1v) is 13.8. The van der Waals surface area contributed by atoms with Crippen LogP contribution in [-0.4, -0.2) is 58.8 Å². The molecular formula is C31H39N3O6. The predicted octanol–water partition coefficient (Wildman–Crippen LogP) is 4.62. The van der Waals surface area contributed by atoms with E-state index in [1.807, 2.05) is 41.3 Å². The third-order valence-corrected chi connectivity index (χ3v) is 7.87. The van der Waals surface area contributed by atoms with E-state index >= 15 is 0 Å². The van der Waals surface area contributed by atoms with Crippen LogP contribution >= 0.6 is 0 Å². The zero-order chi connectivity index (χ0) is 28.4. The second kappa shape index (κ2) is 11.4. The number of Topliss-reactive ketones (excluding diaryl/α,β-unsaturated/α-hetero) is 1. The van der Waals surface area contributed by atoms with E-state index in [-0.39, 0.29) is 29.8 Å². The number of nitrogens with zero attached hydrogens (tertiary/aromatic N) is 1. The van der Waals surface area contributed by atoms with E-state index in [9.17, 15) is 9.59 Å². The highest BCUT2D eigenvalue weighted by molar-refractivity contribution is 6.02. The van der Waals surface area contributed by atoms with E-state index in [0.717, 1.165) is 42.1 Å². The maximum Gasteiger partial charge on any atom is 0.239 e. The van der Waals surface area contributed by atoms with Gasteiger partial charge in [0.2, 0.25) is 11.7 Å². The Kier molecular flexibility index (Phi) is 7.94. The summed E-state index contributed by atoms with van der Waals surface area (Å²) in [5, 5.41) is 6.64. The lowest BCUT2D eigenvalue weighted by atomic mass is 9.73. The number of ether oxygens (including phenoxy) is 4. The number of ketones is 1. The van der Waals surface area contributed by atoms with Gasteiger partial charge in [0.05, 0.1) is 51.4 Å². The summed E-state index contributed by atoms with van der Waals surface area (Å²) in [4.78, 5) is 29.4. The zero-order valence-electron chi connectivity index (χ0n) is 24.0. The van der Waals surface area contributed by atoms with Crippen LogP contribution in [0.2, 0.25) is 0 Å². The Hall–Kier alpha value is -3.72. The Balaban J connectivity index is 1.65. The predicted molar refractivity (Wildman–Crippen MR) is 153 cm³/mol. The summed E-state index contributed by atoms with van der Waals surface area (Å²) >= 11 is 0. The van der Waals surface area contributed by atoms with Crippen LogP contribution < -0.4 is 29.7 Å². The number of methoxy groups -OCH3 is 3. The van der Waals surface area contributed by atoms with Gasteiger partial charge in [0, 0.05) is 30.8 Å². The monoisotopic (exact) mass is 549 g/mol. The van der Waals surface area contributed by atoms with E-state index in [2.05, 4.69) is 24.5 Å². The molecule has 2 unspecified atom stereocenters. The molecule has 3 aliphatic rings. The molecule has 2 aromatic rings. The van der Waals surface area contributed by atoms with Crippen molar-refractivity contribution in [1.29, 1.82) is 0 Å². The molecule has 2 heterocycles. The number of amides is 1. The number of carbonyl (C=O) groups excluding carboxylic acids is 2. The Labute approximate surface area is 235 Å². The number of fused-ring (bicyclic) bond motifs is 1. The molecule has 1 saturated heterocycles. The number of para-hydroxylation sites is 2. The van der Waals surface area contributed by atoms with Gasteiger partial charge in [-0.2, -0.15) is 0 Å². The maximum absolute atomic E-state index is 14.0. The molecule has 5 rings (SSSR count). The lowest BCUT2D eigenvalue weighted by Gasteiger charge is -2.38. The molecule has 0 radical (unpaired) electrons. The topological polar surface area (TPSA) is 98.4 Å². The molecular weight excluding hydrogens is 510 g/mol. The van der Waals surface area contributed by atoms with Crippen molar-refractivity contribution in [2.24, 2.45) is 5.41 Å². The fraction of sp³-hybridized carbons (Fsp3) is 0.484. The highest BCUT2D eigenvalue weighted by Crippen LogP contribution is 2.50. The van der Waals surface area contributed by atoms with E-state index in [4.69, 9.17) is 18.9 Å². The van der Waals surface area contributed by atoms with Gasteiger partial charge in [-0.15, -0.1) is 0 Å². The fourth-order valence-corrected chi connectivity index (χ4v) is 6.08. The molecule has 0 bridgehead atoms. The highest BCUT2D eigenvalue weighted by Gasteiger charge is 2.42. The van der Waals surface area contributed by atoms with Gasteiger partial charge in [0.1, 0.15) is 0 Å². The minimum Gasteiger partial charge on any atom is -0.493 e. The van der Waals surface area contributed by atoms with Crippen molar-refractivity contribution in [1.82, 2.24) is 5.32 Å². The molecule has 40 heavy (non-hydrogen) atoms. The van der Waals surface area contributed by atoms with E-state index in [1.165, 1.54) is 0 Å². The normalized spacial score (nSPS) is 21.6. The van der Waals surface area contributed by atoms with E-state index in [1.54, 1.807) is 21.3 Å². The van der Waals surface area contributed by atoms with Crippen molar-refractivity contribution < 1.29 is 28.5 Å². The molecule has 1 amide bonds. The van der Waals surface area contributed by atoms with Crippen molar-refractivity contribution in [3.05, 3.63) is 53.2 Å². The number of carbonyl (C=O) groups is 2. The lowest BCUT2D eigenvalue weighted by Crippen LogP contribution is -2.43. The molecule has 214 valence electrons. The number of hydrogen-bond donors (Lipinski definition) is 2. The van der Waals surface area contributed by atoms with Gasteiger partial charge >= 0.3 is 0 Å². The third-order valence-electron chi connectivity index (χ3n) is 7.87. The van der Waals surface area contributed by atoms with Crippen LogP contribution in [0.4, 0.5) is 11.4 Å². The molecule has 0 aromatic heterocycles. The average molecular weight is 550 g/mol. The number of rotatable bonds is 8. The Bertz CT molecular complexity index is 1290. The summed E-state index contributed by atoms with van der Waals surface area (Å²) in [5.74, 6) is 1.34. The van der Waals surface area contributed by atoms with Gasteiger partial charge in [-0.05, 0) is 54.5 Å². The quantitative estimate of drug-likeness (QED) is 0.492. The largest absolute Gasteiger partial charge is 0.493 e. The minimum absolute atomic E-state index is 0.0319. The summed E-state index contributed by atoms with van der Waals surface area (Å²) < 4.78 is 22.7. The first-order chi connectivity index (χ1) is 19.2. The van der Waals surface area contributed by atoms with Gasteiger partial charge in [0.25, 0.3) is 0 Å². The van der Waals surface area contributed by atoms with Crippen molar-refractivity contribution in [2.45, 2.75) is 51.7 Å². The summed E-state index contributed by atoms with van der Waals surface area (Å²) in [7, 11) is 4.70. The first kappa shape index (κ1) is 27.8. The Morgan fingerprint density at radius 3 is 2.48 bits per heavy atom. The van der Waals surface area contributed by atoms with Crippen molar-refractivity contribution in [3.63, 3.8) is 0 Å². The molecule has 1 fully saturated rings. The summed E-state index contributed by atoms with van der Waals surface area (Å²) in [6, 6.07) is 11.0. The number of anilines is 2. The second-order valence-corrected chi connectivity index (χ2v) is 11.4. The van der Waals surface area contributed by atoms with Gasteiger partial charge < -0.3 is 34.5 Å².